The maximum atomic E-state index is 11.3. The van der Waals surface area contributed by atoms with Crippen LogP contribution in [-0.4, -0.2) is 23.7 Å². The van der Waals surface area contributed by atoms with Crippen molar-refractivity contribution in [1.82, 2.24) is 0 Å². The fourth-order valence-corrected chi connectivity index (χ4v) is 1.50. The summed E-state index contributed by atoms with van der Waals surface area (Å²) in [6.07, 6.45) is 4.14. The molecule has 1 aliphatic heterocycles. The van der Waals surface area contributed by atoms with Crippen LogP contribution in [0.1, 0.15) is 32.7 Å². The molecule has 0 aliphatic carbocycles. The first-order chi connectivity index (χ1) is 7.72. The molecule has 0 bridgehead atoms. The lowest BCUT2D eigenvalue weighted by molar-refractivity contribution is 0.0444. The van der Waals surface area contributed by atoms with Gasteiger partial charge in [0, 0.05) is 6.61 Å². The van der Waals surface area contributed by atoms with E-state index in [9.17, 15) is 9.59 Å². The Hall–Kier alpha value is -1.94. The summed E-state index contributed by atoms with van der Waals surface area (Å²) in [5.41, 5.74) is 1.42. The second kappa shape index (κ2) is 4.28. The highest BCUT2D eigenvalue weighted by Gasteiger charge is 2.29. The van der Waals surface area contributed by atoms with Gasteiger partial charge in [-0.15, -0.1) is 0 Å². The molecule has 4 nitrogen and oxygen atoms in total. The van der Waals surface area contributed by atoms with Crippen LogP contribution in [0.25, 0.3) is 6.08 Å². The first-order valence-electron chi connectivity index (χ1n) is 4.90. The molecule has 0 spiro atoms. The van der Waals surface area contributed by atoms with Crippen LogP contribution in [-0.2, 0) is 4.74 Å². The van der Waals surface area contributed by atoms with Gasteiger partial charge in [0.1, 0.15) is 0 Å². The van der Waals surface area contributed by atoms with Gasteiger partial charge < -0.3 is 9.84 Å². The Morgan fingerprint density at radius 2 is 1.94 bits per heavy atom. The van der Waals surface area contributed by atoms with Gasteiger partial charge in [-0.1, -0.05) is 18.2 Å². The quantitative estimate of drug-likeness (QED) is 0.615. The van der Waals surface area contributed by atoms with Crippen LogP contribution in [0.4, 0.5) is 0 Å². The minimum absolute atomic E-state index is 0.0853. The molecule has 0 fully saturated rings. The monoisotopic (exact) mass is 218 g/mol. The van der Waals surface area contributed by atoms with E-state index in [2.05, 4.69) is 4.74 Å². The molecule has 4 heteroatoms. The van der Waals surface area contributed by atoms with Crippen molar-refractivity contribution in [3.63, 3.8) is 0 Å². The Kier molecular flexibility index (Phi) is 2.83. The van der Waals surface area contributed by atoms with Crippen molar-refractivity contribution in [2.24, 2.45) is 0 Å². The molecule has 1 heterocycles. The van der Waals surface area contributed by atoms with Crippen LogP contribution in [0.3, 0.4) is 0 Å². The fraction of sp³-hybridized carbons (Fsp3) is 0.167. The number of hydrogen-bond acceptors (Lipinski definition) is 4. The molecule has 2 rings (SSSR count). The molecule has 0 aromatic heterocycles. The number of rotatable bonds is 3. The second-order valence-corrected chi connectivity index (χ2v) is 3.40. The van der Waals surface area contributed by atoms with Crippen molar-refractivity contribution in [1.29, 1.82) is 0 Å². The molecule has 1 aromatic carbocycles. The number of carbonyl (C=O) groups is 2. The number of fused-ring (bicyclic) bond motifs is 1. The Labute approximate surface area is 92.2 Å². The summed E-state index contributed by atoms with van der Waals surface area (Å²) in [6.45, 7) is 0.0853. The van der Waals surface area contributed by atoms with E-state index in [1.165, 1.54) is 0 Å². The average molecular weight is 218 g/mol. The zero-order valence-electron chi connectivity index (χ0n) is 8.47. The van der Waals surface area contributed by atoms with Crippen molar-refractivity contribution >= 4 is 18.0 Å². The number of benzene rings is 1. The van der Waals surface area contributed by atoms with Gasteiger partial charge in [-0.3, -0.25) is 0 Å². The van der Waals surface area contributed by atoms with Crippen molar-refractivity contribution in [2.75, 3.05) is 6.61 Å². The molecular formula is C12H10O4. The van der Waals surface area contributed by atoms with Crippen LogP contribution in [0.15, 0.2) is 24.3 Å². The number of ether oxygens (including phenoxy) is 1. The number of esters is 2. The lowest BCUT2D eigenvalue weighted by Crippen LogP contribution is -1.96. The first kappa shape index (κ1) is 10.6. The highest BCUT2D eigenvalue weighted by atomic mass is 16.6. The maximum absolute atomic E-state index is 11.3. The SMILES string of the molecule is O=C1OC(=O)c2cc(C=CCCO)ccc21. The van der Waals surface area contributed by atoms with Crippen LogP contribution in [0.5, 0.6) is 0 Å². The number of carbonyl (C=O) groups excluding carboxylic acids is 2. The van der Waals surface area contributed by atoms with E-state index in [1.54, 1.807) is 30.4 Å². The fourth-order valence-electron chi connectivity index (χ4n) is 1.50. The number of hydrogen-bond donors (Lipinski definition) is 1. The molecule has 1 aromatic rings. The molecule has 0 unspecified atom stereocenters. The number of aliphatic hydroxyl groups excluding tert-OH is 1. The molecule has 1 N–H and O–H groups in total. The summed E-state index contributed by atoms with van der Waals surface area (Å²) in [6, 6.07) is 4.91. The van der Waals surface area contributed by atoms with Gasteiger partial charge in [0.25, 0.3) is 0 Å². The molecule has 0 radical (unpaired) electrons. The minimum atomic E-state index is -0.600. The summed E-state index contributed by atoms with van der Waals surface area (Å²) in [5, 5.41) is 8.61. The van der Waals surface area contributed by atoms with Gasteiger partial charge >= 0.3 is 11.9 Å². The summed E-state index contributed by atoms with van der Waals surface area (Å²) in [4.78, 5) is 22.4. The first-order valence-corrected chi connectivity index (χ1v) is 4.90. The van der Waals surface area contributed by atoms with E-state index in [1.807, 2.05) is 0 Å². The zero-order valence-corrected chi connectivity index (χ0v) is 8.47. The summed E-state index contributed by atoms with van der Waals surface area (Å²) < 4.78 is 4.47. The lowest BCUT2D eigenvalue weighted by atomic mass is 10.1. The molecule has 16 heavy (non-hydrogen) atoms. The third kappa shape index (κ3) is 1.87. The third-order valence-corrected chi connectivity index (χ3v) is 2.27. The standard InChI is InChI=1S/C12H10O4/c13-6-2-1-3-8-4-5-9-10(7-8)12(15)16-11(9)14/h1,3-5,7,13H,2,6H2. The van der Waals surface area contributed by atoms with Gasteiger partial charge in [-0.05, 0) is 24.1 Å². The molecule has 0 saturated heterocycles. The van der Waals surface area contributed by atoms with E-state index < -0.39 is 11.9 Å². The van der Waals surface area contributed by atoms with E-state index in [4.69, 9.17) is 5.11 Å². The predicted molar refractivity (Wildman–Crippen MR) is 56.9 cm³/mol. The highest BCUT2D eigenvalue weighted by molar-refractivity contribution is 6.14. The zero-order chi connectivity index (χ0) is 11.5. The maximum Gasteiger partial charge on any atom is 0.346 e. The third-order valence-electron chi connectivity index (χ3n) is 2.27. The summed E-state index contributed by atoms with van der Waals surface area (Å²) in [7, 11) is 0. The smallest absolute Gasteiger partial charge is 0.346 e. The molecule has 82 valence electrons. The Balaban J connectivity index is 2.30. The van der Waals surface area contributed by atoms with Gasteiger partial charge in [-0.2, -0.15) is 0 Å². The van der Waals surface area contributed by atoms with Crippen molar-refractivity contribution < 1.29 is 19.4 Å². The van der Waals surface area contributed by atoms with Gasteiger partial charge in [-0.25, -0.2) is 9.59 Å². The molecular weight excluding hydrogens is 208 g/mol. The topological polar surface area (TPSA) is 63.6 Å². The second-order valence-electron chi connectivity index (χ2n) is 3.40. The van der Waals surface area contributed by atoms with Gasteiger partial charge in [0.05, 0.1) is 11.1 Å². The van der Waals surface area contributed by atoms with Gasteiger partial charge in [0.15, 0.2) is 0 Å². The van der Waals surface area contributed by atoms with Crippen LogP contribution in [0, 0.1) is 0 Å². The van der Waals surface area contributed by atoms with E-state index in [-0.39, 0.29) is 6.61 Å². The average Bonchev–Trinajstić information content (AvgIpc) is 2.55. The van der Waals surface area contributed by atoms with Crippen molar-refractivity contribution in [2.45, 2.75) is 6.42 Å². The molecule has 0 saturated carbocycles. The molecule has 0 amide bonds. The van der Waals surface area contributed by atoms with Crippen molar-refractivity contribution in [3.8, 4) is 0 Å². The van der Waals surface area contributed by atoms with E-state index in [0.29, 0.717) is 17.5 Å². The Morgan fingerprint density at radius 3 is 2.69 bits per heavy atom. The molecule has 1 aliphatic rings. The summed E-state index contributed by atoms with van der Waals surface area (Å²) in [5.74, 6) is -1.19. The summed E-state index contributed by atoms with van der Waals surface area (Å²) >= 11 is 0. The Bertz CT molecular complexity index is 474. The normalized spacial score (nSPS) is 14.3. The number of aliphatic hydroxyl groups is 1. The van der Waals surface area contributed by atoms with Crippen LogP contribution in [0.2, 0.25) is 0 Å². The Morgan fingerprint density at radius 1 is 1.19 bits per heavy atom. The van der Waals surface area contributed by atoms with Gasteiger partial charge in [0.2, 0.25) is 0 Å². The van der Waals surface area contributed by atoms with E-state index >= 15 is 0 Å². The lowest BCUT2D eigenvalue weighted by Gasteiger charge is -1.95. The van der Waals surface area contributed by atoms with Crippen molar-refractivity contribution in [3.05, 3.63) is 41.0 Å². The molecule has 0 atom stereocenters. The minimum Gasteiger partial charge on any atom is -0.396 e. The predicted octanol–water partition coefficient (Wildman–Crippen LogP) is 1.39. The number of cyclic esters (lactones) is 2. The van der Waals surface area contributed by atoms with Crippen LogP contribution < -0.4 is 0 Å². The highest BCUT2D eigenvalue weighted by Crippen LogP contribution is 2.21. The van der Waals surface area contributed by atoms with E-state index in [0.717, 1.165) is 5.56 Å². The van der Waals surface area contributed by atoms with Crippen LogP contribution >= 0.6 is 0 Å². The largest absolute Gasteiger partial charge is 0.396 e.